The molecule has 0 radical (unpaired) electrons. The molecule has 56 valence electrons. The van der Waals surface area contributed by atoms with Crippen LogP contribution in [0.5, 0.6) is 0 Å². The van der Waals surface area contributed by atoms with Crippen LogP contribution in [-0.4, -0.2) is 17.6 Å². The predicted octanol–water partition coefficient (Wildman–Crippen LogP) is 0.0856. The fourth-order valence-corrected chi connectivity index (χ4v) is 3.90. The van der Waals surface area contributed by atoms with Gasteiger partial charge < -0.3 is 11.1 Å². The Hall–Kier alpha value is -0.0800. The smallest absolute Gasteiger partial charge is 0.0469 e. The van der Waals surface area contributed by atoms with Gasteiger partial charge in [0.15, 0.2) is 0 Å². The molecule has 0 spiro atoms. The van der Waals surface area contributed by atoms with Gasteiger partial charge in [-0.1, -0.05) is 13.8 Å². The second kappa shape index (κ2) is 0.978. The van der Waals surface area contributed by atoms with Crippen LogP contribution in [0.15, 0.2) is 0 Å². The van der Waals surface area contributed by atoms with Crippen molar-refractivity contribution in [2.75, 3.05) is 6.54 Å². The van der Waals surface area contributed by atoms with Crippen LogP contribution in [0.2, 0.25) is 0 Å². The van der Waals surface area contributed by atoms with Crippen molar-refractivity contribution in [3.8, 4) is 0 Å². The zero-order valence-corrected chi connectivity index (χ0v) is 6.57. The second-order valence-electron chi connectivity index (χ2n) is 4.26. The molecule has 2 saturated carbocycles. The molecule has 0 amide bonds. The fourth-order valence-electron chi connectivity index (χ4n) is 3.90. The summed E-state index contributed by atoms with van der Waals surface area (Å²) in [5.74, 6) is 0.806. The Kier molecular flexibility index (Phi) is 0.543. The first-order chi connectivity index (χ1) is 4.65. The zero-order valence-electron chi connectivity index (χ0n) is 6.57. The van der Waals surface area contributed by atoms with Crippen LogP contribution < -0.4 is 11.1 Å². The molecule has 0 aromatic heterocycles. The molecule has 4 unspecified atom stereocenters. The van der Waals surface area contributed by atoms with E-state index in [4.69, 9.17) is 5.73 Å². The van der Waals surface area contributed by atoms with Crippen molar-refractivity contribution in [1.29, 1.82) is 0 Å². The Morgan fingerprint density at radius 2 is 2.30 bits per heavy atom. The van der Waals surface area contributed by atoms with E-state index in [1.807, 2.05) is 0 Å². The molecule has 2 aliphatic heterocycles. The van der Waals surface area contributed by atoms with Gasteiger partial charge in [0.25, 0.3) is 0 Å². The van der Waals surface area contributed by atoms with Crippen molar-refractivity contribution in [2.24, 2.45) is 17.1 Å². The molecular weight excluding hydrogens is 124 g/mol. The van der Waals surface area contributed by atoms with Gasteiger partial charge in [-0.2, -0.15) is 0 Å². The van der Waals surface area contributed by atoms with Gasteiger partial charge in [-0.05, 0) is 6.42 Å². The zero-order chi connectivity index (χ0) is 7.20. The molecule has 2 heterocycles. The number of fused-ring (bicyclic) bond motifs is 1. The largest absolute Gasteiger partial charge is 0.323 e. The Morgan fingerprint density at radius 3 is 2.50 bits per heavy atom. The molecule has 4 rings (SSSR count). The average molecular weight is 138 g/mol. The minimum absolute atomic E-state index is 0.217. The summed E-state index contributed by atoms with van der Waals surface area (Å²) in [6, 6.07) is 0. The number of nitrogens with one attached hydrogen (secondary N) is 1. The fraction of sp³-hybridized carbons (Fsp3) is 1.00. The highest BCUT2D eigenvalue weighted by Gasteiger charge is 3.04. The van der Waals surface area contributed by atoms with Crippen LogP contribution in [0.3, 0.4) is 0 Å². The Morgan fingerprint density at radius 1 is 1.70 bits per heavy atom. The molecule has 2 heteroatoms. The molecule has 4 fully saturated rings. The molecule has 0 aromatic carbocycles. The van der Waals surface area contributed by atoms with E-state index >= 15 is 0 Å². The van der Waals surface area contributed by atoms with Crippen LogP contribution in [0.4, 0.5) is 0 Å². The van der Waals surface area contributed by atoms with E-state index in [2.05, 4.69) is 19.2 Å². The Bertz CT molecular complexity index is 209. The lowest BCUT2D eigenvalue weighted by Gasteiger charge is -2.19. The normalized spacial score (nSPS) is 75.3. The topological polar surface area (TPSA) is 38.0 Å². The average Bonchev–Trinajstić information content (AvgIpc) is 2.47. The summed E-state index contributed by atoms with van der Waals surface area (Å²) in [6.07, 6.45) is 1.20. The third-order valence-electron chi connectivity index (χ3n) is 4.69. The lowest BCUT2D eigenvalue weighted by atomic mass is 9.92. The number of rotatable bonds is 1. The van der Waals surface area contributed by atoms with Crippen molar-refractivity contribution in [2.45, 2.75) is 31.3 Å². The minimum atomic E-state index is 0.217. The first-order valence-electron chi connectivity index (χ1n) is 4.19. The third kappa shape index (κ3) is 0.197. The van der Waals surface area contributed by atoms with Crippen molar-refractivity contribution < 1.29 is 0 Å². The van der Waals surface area contributed by atoms with Gasteiger partial charge in [0.2, 0.25) is 0 Å². The summed E-state index contributed by atoms with van der Waals surface area (Å²) in [4.78, 5) is 0. The van der Waals surface area contributed by atoms with Crippen molar-refractivity contribution >= 4 is 0 Å². The van der Waals surface area contributed by atoms with Gasteiger partial charge >= 0.3 is 0 Å². The maximum absolute atomic E-state index is 6.21. The molecule has 10 heavy (non-hydrogen) atoms. The monoisotopic (exact) mass is 138 g/mol. The summed E-state index contributed by atoms with van der Waals surface area (Å²) in [5.41, 5.74) is 7.28. The SMILES string of the molecule is CCC12NCC3C1(C)C32N. The Balaban J connectivity index is 2.10. The first-order valence-corrected chi connectivity index (χ1v) is 4.19. The summed E-state index contributed by atoms with van der Waals surface area (Å²) in [5, 5.41) is 3.55. The van der Waals surface area contributed by atoms with Crippen LogP contribution in [-0.2, 0) is 0 Å². The van der Waals surface area contributed by atoms with E-state index in [9.17, 15) is 0 Å². The van der Waals surface area contributed by atoms with Gasteiger partial charge in [0.1, 0.15) is 0 Å². The highest BCUT2D eigenvalue weighted by atomic mass is 15.4. The van der Waals surface area contributed by atoms with Crippen molar-refractivity contribution in [1.82, 2.24) is 5.32 Å². The maximum Gasteiger partial charge on any atom is 0.0469 e. The maximum atomic E-state index is 6.21. The predicted molar refractivity (Wildman–Crippen MR) is 39.5 cm³/mol. The molecule has 4 aliphatic rings. The first kappa shape index (κ1) is 5.56. The van der Waals surface area contributed by atoms with E-state index < -0.39 is 0 Å². The molecule has 2 aliphatic carbocycles. The van der Waals surface area contributed by atoms with E-state index in [1.54, 1.807) is 0 Å². The van der Waals surface area contributed by atoms with Crippen LogP contribution in [0.1, 0.15) is 20.3 Å². The summed E-state index contributed by atoms with van der Waals surface area (Å²) in [6.45, 7) is 5.74. The van der Waals surface area contributed by atoms with Gasteiger partial charge in [0, 0.05) is 29.0 Å². The number of hydrogen-bond donors (Lipinski definition) is 2. The highest BCUT2D eigenvalue weighted by molar-refractivity contribution is 5.61. The van der Waals surface area contributed by atoms with Crippen LogP contribution >= 0.6 is 0 Å². The third-order valence-corrected chi connectivity index (χ3v) is 4.69. The quantitative estimate of drug-likeness (QED) is 0.539. The van der Waals surface area contributed by atoms with Crippen LogP contribution in [0.25, 0.3) is 0 Å². The van der Waals surface area contributed by atoms with Crippen LogP contribution in [0, 0.1) is 11.3 Å². The van der Waals surface area contributed by atoms with Gasteiger partial charge in [-0.15, -0.1) is 0 Å². The van der Waals surface area contributed by atoms with Gasteiger partial charge in [-0.25, -0.2) is 0 Å². The second-order valence-corrected chi connectivity index (χ2v) is 4.26. The van der Waals surface area contributed by atoms with E-state index in [0.29, 0.717) is 11.0 Å². The molecule has 2 bridgehead atoms. The molecule has 0 aromatic rings. The van der Waals surface area contributed by atoms with Gasteiger partial charge in [-0.3, -0.25) is 0 Å². The van der Waals surface area contributed by atoms with E-state index in [1.165, 1.54) is 13.0 Å². The molecular formula is C8H14N2. The summed E-state index contributed by atoms with van der Waals surface area (Å²) >= 11 is 0. The van der Waals surface area contributed by atoms with Gasteiger partial charge in [0.05, 0.1) is 0 Å². The summed E-state index contributed by atoms with van der Waals surface area (Å²) < 4.78 is 0. The lowest BCUT2D eigenvalue weighted by molar-refractivity contribution is 0.386. The lowest BCUT2D eigenvalue weighted by Crippen LogP contribution is -2.39. The molecule has 3 N–H and O–H groups in total. The standard InChI is InChI=1S/C8H14N2/c1-3-7-6(2)5(4-10-7)8(6,7)9/h5,10H,3-4,9H2,1-2H3. The van der Waals surface area contributed by atoms with Crippen molar-refractivity contribution in [3.05, 3.63) is 0 Å². The summed E-state index contributed by atoms with van der Waals surface area (Å²) in [7, 11) is 0. The number of piperidine rings is 1. The highest BCUT2D eigenvalue weighted by Crippen LogP contribution is 2.91. The number of hydrogen-bond acceptors (Lipinski definition) is 2. The number of nitrogens with two attached hydrogens (primary N) is 1. The molecule has 2 nitrogen and oxygen atoms in total. The van der Waals surface area contributed by atoms with E-state index in [0.717, 1.165) is 5.92 Å². The van der Waals surface area contributed by atoms with Crippen molar-refractivity contribution in [3.63, 3.8) is 0 Å². The molecule has 4 atom stereocenters. The molecule has 2 saturated heterocycles. The minimum Gasteiger partial charge on any atom is -0.323 e. The Labute approximate surface area is 61.2 Å². The van der Waals surface area contributed by atoms with E-state index in [-0.39, 0.29) is 5.54 Å².